The van der Waals surface area contributed by atoms with Crippen molar-refractivity contribution in [3.8, 4) is 6.07 Å². The summed E-state index contributed by atoms with van der Waals surface area (Å²) in [7, 11) is 2.36. The van der Waals surface area contributed by atoms with Gasteiger partial charge in [-0.05, 0) is 55.1 Å². The van der Waals surface area contributed by atoms with Gasteiger partial charge in [0.05, 0.1) is 31.8 Å². The molecule has 5 atom stereocenters. The molecule has 0 aromatic carbocycles. The van der Waals surface area contributed by atoms with Crippen molar-refractivity contribution in [3.63, 3.8) is 0 Å². The van der Waals surface area contributed by atoms with E-state index in [1.807, 2.05) is 25.9 Å². The lowest BCUT2D eigenvalue weighted by molar-refractivity contribution is -0.0717. The zero-order valence-corrected chi connectivity index (χ0v) is 23.7. The van der Waals surface area contributed by atoms with Crippen molar-refractivity contribution in [2.45, 2.75) is 91.0 Å². The maximum Gasteiger partial charge on any atom is 0.330 e. The first-order chi connectivity index (χ1) is 17.0. The van der Waals surface area contributed by atoms with E-state index < -0.39 is 38.2 Å². The summed E-state index contributed by atoms with van der Waals surface area (Å²) in [6, 6.07) is 2.38. The van der Waals surface area contributed by atoms with Crippen molar-refractivity contribution < 1.29 is 18.5 Å². The summed E-state index contributed by atoms with van der Waals surface area (Å²) in [4.78, 5) is 29.1. The number of likely N-dealkylation sites (N-methyl/N-ethyl adjacent to an activating group) is 1. The Labute approximate surface area is 215 Å². The largest absolute Gasteiger partial charge is 0.369 e. The zero-order valence-electron chi connectivity index (χ0n) is 22.8. The van der Waals surface area contributed by atoms with Gasteiger partial charge < -0.3 is 23.4 Å². The lowest BCUT2D eigenvalue weighted by Gasteiger charge is -2.38. The molecule has 2 heterocycles. The highest BCUT2D eigenvalue weighted by molar-refractivity contribution is 7.44. The standard InChI is InChI=1S/C24H42N5O6P/c1-9-19-20(35-36(33-13-10-11-25)29(16(2)3)17(4)5)21(32-14-12-27(7)8)23(34-19)28-15-18(6)22(30)26-24(28)31/h15-17,19-21,23H,9-10,12-14H2,1-8H3,(H,26,30,31)/t19-,20-,21-,23-,36?/m1/s1. The molecule has 1 aliphatic rings. The lowest BCUT2D eigenvalue weighted by atomic mass is 10.1. The number of rotatable bonds is 14. The van der Waals surface area contributed by atoms with Gasteiger partial charge in [0.2, 0.25) is 0 Å². The third kappa shape index (κ3) is 7.93. The van der Waals surface area contributed by atoms with Crippen LogP contribution in [-0.4, -0.2) is 83.4 Å². The van der Waals surface area contributed by atoms with E-state index in [2.05, 4.69) is 43.4 Å². The molecule has 1 saturated heterocycles. The second kappa shape index (κ2) is 14.3. The summed E-state index contributed by atoms with van der Waals surface area (Å²) in [5.74, 6) is 0. The Bertz CT molecular complexity index is 967. The van der Waals surface area contributed by atoms with E-state index in [0.29, 0.717) is 25.1 Å². The zero-order chi connectivity index (χ0) is 27.0. The molecular weight excluding hydrogens is 485 g/mol. The average Bonchev–Trinajstić information content (AvgIpc) is 3.12. The number of nitrogens with one attached hydrogen (secondary N) is 1. The van der Waals surface area contributed by atoms with Crippen LogP contribution >= 0.6 is 8.53 Å². The normalized spacial score (nSPS) is 23.2. The monoisotopic (exact) mass is 527 g/mol. The molecule has 0 amide bonds. The first-order valence-electron chi connectivity index (χ1n) is 12.5. The number of H-pyrrole nitrogens is 1. The Balaban J connectivity index is 2.47. The molecule has 0 bridgehead atoms. The van der Waals surface area contributed by atoms with Gasteiger partial charge in [-0.2, -0.15) is 5.26 Å². The number of aromatic amines is 1. The smallest absolute Gasteiger partial charge is 0.330 e. The van der Waals surface area contributed by atoms with Gasteiger partial charge in [-0.25, -0.2) is 9.46 Å². The minimum Gasteiger partial charge on any atom is -0.369 e. The molecule has 1 aliphatic heterocycles. The molecule has 11 nitrogen and oxygen atoms in total. The molecule has 0 aliphatic carbocycles. The molecule has 2 rings (SSSR count). The number of hydrogen-bond acceptors (Lipinski definition) is 9. The van der Waals surface area contributed by atoms with Crippen molar-refractivity contribution in [2.75, 3.05) is 33.9 Å². The van der Waals surface area contributed by atoms with Crippen LogP contribution in [0.25, 0.3) is 0 Å². The van der Waals surface area contributed by atoms with E-state index in [1.54, 1.807) is 6.92 Å². The summed E-state index contributed by atoms with van der Waals surface area (Å²) < 4.78 is 29.0. The third-order valence-corrected chi connectivity index (χ3v) is 7.96. The van der Waals surface area contributed by atoms with Gasteiger partial charge >= 0.3 is 5.69 Å². The topological polar surface area (TPSA) is 122 Å². The van der Waals surface area contributed by atoms with Crippen molar-refractivity contribution in [1.29, 1.82) is 5.26 Å². The van der Waals surface area contributed by atoms with Gasteiger partial charge in [0.1, 0.15) is 12.2 Å². The van der Waals surface area contributed by atoms with E-state index in [9.17, 15) is 9.59 Å². The number of hydrogen-bond donors (Lipinski definition) is 1. The molecule has 0 radical (unpaired) electrons. The van der Waals surface area contributed by atoms with Crippen LogP contribution in [0.5, 0.6) is 0 Å². The van der Waals surface area contributed by atoms with Gasteiger partial charge in [0.25, 0.3) is 14.1 Å². The molecule has 0 spiro atoms. The first-order valence-corrected chi connectivity index (χ1v) is 13.6. The summed E-state index contributed by atoms with van der Waals surface area (Å²) in [6.45, 7) is 13.2. The molecule has 1 aromatic heterocycles. The first kappa shape index (κ1) is 30.6. The summed E-state index contributed by atoms with van der Waals surface area (Å²) in [5, 5.41) is 9.03. The fourth-order valence-corrected chi connectivity index (χ4v) is 5.88. The van der Waals surface area contributed by atoms with Crippen LogP contribution < -0.4 is 11.2 Å². The number of nitrogens with zero attached hydrogens (tertiary/aromatic N) is 4. The van der Waals surface area contributed by atoms with E-state index >= 15 is 0 Å². The van der Waals surface area contributed by atoms with E-state index in [-0.39, 0.29) is 31.2 Å². The highest BCUT2D eigenvalue weighted by Gasteiger charge is 2.49. The molecule has 1 N–H and O–H groups in total. The second-order valence-electron chi connectivity index (χ2n) is 9.71. The van der Waals surface area contributed by atoms with Crippen LogP contribution in [0, 0.1) is 18.3 Å². The van der Waals surface area contributed by atoms with E-state index in [1.165, 1.54) is 10.8 Å². The number of ether oxygens (including phenoxy) is 2. The maximum atomic E-state index is 12.8. The van der Waals surface area contributed by atoms with Crippen LogP contribution in [-0.2, 0) is 18.5 Å². The Morgan fingerprint density at radius 1 is 1.19 bits per heavy atom. The van der Waals surface area contributed by atoms with Crippen LogP contribution in [0.2, 0.25) is 0 Å². The molecule has 12 heteroatoms. The Morgan fingerprint density at radius 2 is 1.86 bits per heavy atom. The Kier molecular flexibility index (Phi) is 12.2. The van der Waals surface area contributed by atoms with Crippen molar-refractivity contribution in [1.82, 2.24) is 19.1 Å². The SMILES string of the molecule is CC[C@H]1O[C@@H](n2cc(C)c(=O)[nH]c2=O)[C@H](OCCN(C)C)[C@@H]1OP(OCCC#N)N(C(C)C)C(C)C. The van der Waals surface area contributed by atoms with Crippen LogP contribution in [0.15, 0.2) is 15.8 Å². The second-order valence-corrected chi connectivity index (χ2v) is 11.1. The van der Waals surface area contributed by atoms with E-state index in [0.717, 1.165) is 0 Å². The lowest BCUT2D eigenvalue weighted by Crippen LogP contribution is -2.42. The average molecular weight is 528 g/mol. The highest BCUT2D eigenvalue weighted by atomic mass is 31.2. The van der Waals surface area contributed by atoms with Crippen LogP contribution in [0.4, 0.5) is 0 Å². The Morgan fingerprint density at radius 3 is 2.42 bits per heavy atom. The third-order valence-electron chi connectivity index (χ3n) is 5.83. The molecule has 0 saturated carbocycles. The predicted molar refractivity (Wildman–Crippen MR) is 139 cm³/mol. The summed E-state index contributed by atoms with van der Waals surface area (Å²) >= 11 is 0. The van der Waals surface area contributed by atoms with Crippen molar-refractivity contribution in [3.05, 3.63) is 32.6 Å². The van der Waals surface area contributed by atoms with Crippen LogP contribution in [0.3, 0.4) is 0 Å². The Hall–Kier alpha value is -1.64. The number of aryl methyl sites for hydroxylation is 1. The van der Waals surface area contributed by atoms with Crippen molar-refractivity contribution >= 4 is 8.53 Å². The number of aromatic nitrogens is 2. The van der Waals surface area contributed by atoms with Crippen LogP contribution in [0.1, 0.15) is 59.3 Å². The van der Waals surface area contributed by atoms with Gasteiger partial charge in [-0.3, -0.25) is 14.3 Å². The minimum atomic E-state index is -1.55. The molecular formula is C24H42N5O6P. The highest BCUT2D eigenvalue weighted by Crippen LogP contribution is 2.50. The predicted octanol–water partition coefficient (Wildman–Crippen LogP) is 2.76. The quantitative estimate of drug-likeness (QED) is 0.287. The van der Waals surface area contributed by atoms with Gasteiger partial charge in [0, 0.05) is 30.4 Å². The molecule has 36 heavy (non-hydrogen) atoms. The molecule has 1 fully saturated rings. The van der Waals surface area contributed by atoms with Gasteiger partial charge in [-0.15, -0.1) is 0 Å². The maximum absolute atomic E-state index is 12.8. The fraction of sp³-hybridized carbons (Fsp3) is 0.792. The van der Waals surface area contributed by atoms with Crippen molar-refractivity contribution in [2.24, 2.45) is 0 Å². The number of nitriles is 1. The molecule has 1 unspecified atom stereocenters. The summed E-state index contributed by atoms with van der Waals surface area (Å²) in [5.41, 5.74) is -0.598. The van der Waals surface area contributed by atoms with Gasteiger partial charge in [0.15, 0.2) is 6.23 Å². The minimum absolute atomic E-state index is 0.133. The molecule has 204 valence electrons. The van der Waals surface area contributed by atoms with Gasteiger partial charge in [-0.1, -0.05) is 6.92 Å². The van der Waals surface area contributed by atoms with E-state index in [4.69, 9.17) is 23.8 Å². The molecule has 1 aromatic rings. The fourth-order valence-electron chi connectivity index (χ4n) is 4.11. The summed E-state index contributed by atoms with van der Waals surface area (Å²) in [6.07, 6.45) is 0.0674.